The molecule has 0 heterocycles. The second-order valence-electron chi connectivity index (χ2n) is 4.90. The third-order valence-electron chi connectivity index (χ3n) is 2.64. The largest absolute Gasteiger partial charge is 0.399 e. The summed E-state index contributed by atoms with van der Waals surface area (Å²) in [4.78, 5) is 11.6. The summed E-state index contributed by atoms with van der Waals surface area (Å²) in [6.07, 6.45) is 3.37. The lowest BCUT2D eigenvalue weighted by Gasteiger charge is -2.08. The average molecular weight is 249 g/mol. The number of hydrogen-bond acceptors (Lipinski definition) is 2. The predicted octanol–water partition coefficient (Wildman–Crippen LogP) is 3.22. The van der Waals surface area contributed by atoms with Crippen molar-refractivity contribution in [1.29, 1.82) is 0 Å². The summed E-state index contributed by atoms with van der Waals surface area (Å²) in [5.74, 6) is 0.728. The molecule has 100 valence electrons. The third kappa shape index (κ3) is 6.13. The first-order chi connectivity index (χ1) is 8.58. The van der Waals surface area contributed by atoms with Crippen LogP contribution in [0.5, 0.6) is 0 Å². The maximum absolute atomic E-state index is 11.6. The van der Waals surface area contributed by atoms with E-state index in [-0.39, 0.29) is 6.03 Å². The third-order valence-corrected chi connectivity index (χ3v) is 2.64. The number of nitrogens with two attached hydrogens (primary N) is 1. The number of urea groups is 1. The van der Waals surface area contributed by atoms with Crippen LogP contribution in [0.3, 0.4) is 0 Å². The zero-order valence-corrected chi connectivity index (χ0v) is 11.2. The summed E-state index contributed by atoms with van der Waals surface area (Å²) < 4.78 is 0. The van der Waals surface area contributed by atoms with Crippen LogP contribution in [0, 0.1) is 5.92 Å². The minimum Gasteiger partial charge on any atom is -0.399 e. The standard InChI is InChI=1S/C14H23N3O/c1-11(2)6-3-4-9-16-14(18)17-13-8-5-7-12(15)10-13/h5,7-8,10-11H,3-4,6,9,15H2,1-2H3,(H2,16,17,18). The minimum absolute atomic E-state index is 0.176. The first-order valence-electron chi connectivity index (χ1n) is 6.48. The van der Waals surface area contributed by atoms with Gasteiger partial charge in [-0.25, -0.2) is 4.79 Å². The van der Waals surface area contributed by atoms with Crippen LogP contribution in [0.25, 0.3) is 0 Å². The molecule has 4 nitrogen and oxygen atoms in total. The van der Waals surface area contributed by atoms with Crippen LogP contribution in [0.4, 0.5) is 16.2 Å². The highest BCUT2D eigenvalue weighted by Gasteiger charge is 2.01. The van der Waals surface area contributed by atoms with Crippen LogP contribution in [0.2, 0.25) is 0 Å². The summed E-state index contributed by atoms with van der Waals surface area (Å²) in [5.41, 5.74) is 6.99. The number of anilines is 2. The van der Waals surface area contributed by atoms with E-state index in [1.165, 1.54) is 6.42 Å². The highest BCUT2D eigenvalue weighted by molar-refractivity contribution is 5.89. The number of rotatable bonds is 6. The summed E-state index contributed by atoms with van der Waals surface area (Å²) in [7, 11) is 0. The van der Waals surface area contributed by atoms with E-state index in [4.69, 9.17) is 5.73 Å². The lowest BCUT2D eigenvalue weighted by Crippen LogP contribution is -2.29. The lowest BCUT2D eigenvalue weighted by atomic mass is 10.1. The van der Waals surface area contributed by atoms with Crippen LogP contribution in [0.1, 0.15) is 33.1 Å². The van der Waals surface area contributed by atoms with E-state index >= 15 is 0 Å². The number of benzene rings is 1. The van der Waals surface area contributed by atoms with Gasteiger partial charge in [0.05, 0.1) is 0 Å². The van der Waals surface area contributed by atoms with Gasteiger partial charge in [-0.05, 0) is 30.5 Å². The van der Waals surface area contributed by atoms with E-state index < -0.39 is 0 Å². The van der Waals surface area contributed by atoms with E-state index in [0.717, 1.165) is 24.4 Å². The Labute approximate surface area is 109 Å². The van der Waals surface area contributed by atoms with Crippen LogP contribution in [0.15, 0.2) is 24.3 Å². The van der Waals surface area contributed by atoms with Crippen LogP contribution in [-0.2, 0) is 0 Å². The van der Waals surface area contributed by atoms with Gasteiger partial charge in [-0.15, -0.1) is 0 Å². The monoisotopic (exact) mass is 249 g/mol. The molecule has 0 aromatic heterocycles. The molecule has 1 aromatic rings. The van der Waals surface area contributed by atoms with Gasteiger partial charge >= 0.3 is 6.03 Å². The Hall–Kier alpha value is -1.71. The molecule has 0 atom stereocenters. The van der Waals surface area contributed by atoms with Crippen molar-refractivity contribution >= 4 is 17.4 Å². The molecular weight excluding hydrogens is 226 g/mol. The molecule has 4 heteroatoms. The second-order valence-corrected chi connectivity index (χ2v) is 4.90. The normalized spacial score (nSPS) is 10.4. The smallest absolute Gasteiger partial charge is 0.319 e. The van der Waals surface area contributed by atoms with Gasteiger partial charge < -0.3 is 16.4 Å². The summed E-state index contributed by atoms with van der Waals surface area (Å²) in [5, 5.41) is 5.59. The van der Waals surface area contributed by atoms with Gasteiger partial charge in [0.2, 0.25) is 0 Å². The summed E-state index contributed by atoms with van der Waals surface area (Å²) >= 11 is 0. The van der Waals surface area contributed by atoms with E-state index in [0.29, 0.717) is 12.2 Å². The molecule has 0 saturated heterocycles. The molecular formula is C14H23N3O. The van der Waals surface area contributed by atoms with Crippen molar-refractivity contribution in [2.75, 3.05) is 17.6 Å². The summed E-state index contributed by atoms with van der Waals surface area (Å²) in [6, 6.07) is 6.97. The summed E-state index contributed by atoms with van der Waals surface area (Å²) in [6.45, 7) is 5.13. The van der Waals surface area contributed by atoms with Gasteiger partial charge in [-0.2, -0.15) is 0 Å². The molecule has 0 bridgehead atoms. The van der Waals surface area contributed by atoms with Crippen molar-refractivity contribution in [2.24, 2.45) is 5.92 Å². The molecule has 0 spiro atoms. The molecule has 0 radical (unpaired) electrons. The SMILES string of the molecule is CC(C)CCCCNC(=O)Nc1cccc(N)c1. The van der Waals surface area contributed by atoms with Crippen molar-refractivity contribution < 1.29 is 4.79 Å². The molecule has 0 aliphatic heterocycles. The van der Waals surface area contributed by atoms with E-state index in [1.54, 1.807) is 12.1 Å². The van der Waals surface area contributed by atoms with Gasteiger partial charge in [0.1, 0.15) is 0 Å². The minimum atomic E-state index is -0.176. The predicted molar refractivity (Wildman–Crippen MR) is 76.6 cm³/mol. The van der Waals surface area contributed by atoms with Gasteiger partial charge in [-0.1, -0.05) is 32.8 Å². The van der Waals surface area contributed by atoms with Crippen molar-refractivity contribution in [3.63, 3.8) is 0 Å². The molecule has 0 saturated carbocycles. The van der Waals surface area contributed by atoms with E-state index in [2.05, 4.69) is 24.5 Å². The molecule has 2 amide bonds. The maximum atomic E-state index is 11.6. The van der Waals surface area contributed by atoms with Crippen molar-refractivity contribution in [1.82, 2.24) is 5.32 Å². The fourth-order valence-electron chi connectivity index (χ4n) is 1.67. The van der Waals surface area contributed by atoms with Crippen molar-refractivity contribution in [3.05, 3.63) is 24.3 Å². The van der Waals surface area contributed by atoms with Gasteiger partial charge in [0.25, 0.3) is 0 Å². The molecule has 18 heavy (non-hydrogen) atoms. The zero-order valence-electron chi connectivity index (χ0n) is 11.2. The molecule has 1 aromatic carbocycles. The molecule has 4 N–H and O–H groups in total. The number of nitrogen functional groups attached to an aromatic ring is 1. The van der Waals surface area contributed by atoms with Gasteiger partial charge in [0.15, 0.2) is 0 Å². The Morgan fingerprint density at radius 1 is 1.33 bits per heavy atom. The van der Waals surface area contributed by atoms with Crippen LogP contribution < -0.4 is 16.4 Å². The number of carbonyl (C=O) groups is 1. The highest BCUT2D eigenvalue weighted by atomic mass is 16.2. The Bertz CT molecular complexity index is 377. The van der Waals surface area contributed by atoms with Crippen molar-refractivity contribution in [3.8, 4) is 0 Å². The Balaban J connectivity index is 2.18. The van der Waals surface area contributed by atoms with E-state index in [9.17, 15) is 4.79 Å². The highest BCUT2D eigenvalue weighted by Crippen LogP contribution is 2.11. The quantitative estimate of drug-likeness (QED) is 0.535. The number of unbranched alkanes of at least 4 members (excludes halogenated alkanes) is 1. The average Bonchev–Trinajstić information content (AvgIpc) is 2.28. The Morgan fingerprint density at radius 2 is 2.11 bits per heavy atom. The number of hydrogen-bond donors (Lipinski definition) is 3. The molecule has 0 aliphatic rings. The zero-order chi connectivity index (χ0) is 13.4. The van der Waals surface area contributed by atoms with Crippen LogP contribution >= 0.6 is 0 Å². The fraction of sp³-hybridized carbons (Fsp3) is 0.500. The van der Waals surface area contributed by atoms with Gasteiger partial charge in [0, 0.05) is 17.9 Å². The molecule has 1 rings (SSSR count). The molecule has 0 aliphatic carbocycles. The number of nitrogens with one attached hydrogen (secondary N) is 2. The van der Waals surface area contributed by atoms with Gasteiger partial charge in [-0.3, -0.25) is 0 Å². The second kappa shape index (κ2) is 7.58. The number of carbonyl (C=O) groups excluding carboxylic acids is 1. The molecule has 0 fully saturated rings. The number of amides is 2. The van der Waals surface area contributed by atoms with Crippen molar-refractivity contribution in [2.45, 2.75) is 33.1 Å². The maximum Gasteiger partial charge on any atom is 0.319 e. The van der Waals surface area contributed by atoms with Crippen LogP contribution in [-0.4, -0.2) is 12.6 Å². The fourth-order valence-corrected chi connectivity index (χ4v) is 1.67. The van der Waals surface area contributed by atoms with E-state index in [1.807, 2.05) is 12.1 Å². The Kier molecular flexibility index (Phi) is 6.05. The molecule has 0 unspecified atom stereocenters. The first kappa shape index (κ1) is 14.4. The topological polar surface area (TPSA) is 67.2 Å². The lowest BCUT2D eigenvalue weighted by molar-refractivity contribution is 0.252. The first-order valence-corrected chi connectivity index (χ1v) is 6.48. The Morgan fingerprint density at radius 3 is 2.78 bits per heavy atom.